The zero-order valence-corrected chi connectivity index (χ0v) is 21.3. The summed E-state index contributed by atoms with van der Waals surface area (Å²) in [5, 5.41) is 2.60. The molecule has 0 aliphatic rings. The molecule has 0 radical (unpaired) electrons. The van der Waals surface area contributed by atoms with E-state index in [0.29, 0.717) is 12.2 Å². The summed E-state index contributed by atoms with van der Waals surface area (Å²) < 4.78 is 37.0. The molecule has 0 aromatic heterocycles. The Bertz CT molecular complexity index is 1120. The van der Waals surface area contributed by atoms with Crippen molar-refractivity contribution >= 4 is 27.5 Å². The Morgan fingerprint density at radius 2 is 1.76 bits per heavy atom. The molecule has 1 N–H and O–H groups in total. The van der Waals surface area contributed by atoms with Crippen LogP contribution in [0.1, 0.15) is 24.5 Å². The van der Waals surface area contributed by atoms with Gasteiger partial charge in [0.05, 0.1) is 26.2 Å². The summed E-state index contributed by atoms with van der Waals surface area (Å²) in [6, 6.07) is 11.4. The van der Waals surface area contributed by atoms with Crippen molar-refractivity contribution in [3.05, 3.63) is 53.6 Å². The summed E-state index contributed by atoms with van der Waals surface area (Å²) in [6.45, 7) is 3.39. The van der Waals surface area contributed by atoms with Crippen LogP contribution in [0.4, 0.5) is 5.69 Å². The number of rotatable bonds is 11. The Morgan fingerprint density at radius 1 is 1.09 bits per heavy atom. The Labute approximate surface area is 201 Å². The highest BCUT2D eigenvalue weighted by atomic mass is 32.2. The van der Waals surface area contributed by atoms with E-state index in [1.165, 1.54) is 32.2 Å². The summed E-state index contributed by atoms with van der Waals surface area (Å²) in [5.41, 5.74) is 2.03. The second-order valence-electron chi connectivity index (χ2n) is 7.79. The maximum Gasteiger partial charge on any atom is 0.244 e. The van der Waals surface area contributed by atoms with Gasteiger partial charge in [0.1, 0.15) is 24.1 Å². The number of hydrogen-bond donors (Lipinski definition) is 1. The highest BCUT2D eigenvalue weighted by Gasteiger charge is 2.32. The van der Waals surface area contributed by atoms with Gasteiger partial charge in [-0.2, -0.15) is 0 Å². The Balaban J connectivity index is 2.51. The molecule has 2 aromatic carbocycles. The average molecular weight is 492 g/mol. The Morgan fingerprint density at radius 3 is 2.29 bits per heavy atom. The largest absolute Gasteiger partial charge is 0.497 e. The van der Waals surface area contributed by atoms with Crippen LogP contribution in [0.15, 0.2) is 42.5 Å². The van der Waals surface area contributed by atoms with Gasteiger partial charge in [0.25, 0.3) is 0 Å². The summed E-state index contributed by atoms with van der Waals surface area (Å²) in [5.74, 6) is -0.118. The molecule has 34 heavy (non-hydrogen) atoms. The fourth-order valence-corrected chi connectivity index (χ4v) is 4.50. The van der Waals surface area contributed by atoms with Crippen molar-refractivity contribution in [2.24, 2.45) is 0 Å². The van der Waals surface area contributed by atoms with Crippen molar-refractivity contribution in [1.82, 2.24) is 10.2 Å². The predicted octanol–water partition coefficient (Wildman–Crippen LogP) is 2.33. The van der Waals surface area contributed by atoms with Crippen molar-refractivity contribution in [2.75, 3.05) is 38.4 Å². The minimum Gasteiger partial charge on any atom is -0.497 e. The molecule has 9 nitrogen and oxygen atoms in total. The molecule has 0 spiro atoms. The van der Waals surface area contributed by atoms with Crippen LogP contribution in [0.2, 0.25) is 0 Å². The third-order valence-corrected chi connectivity index (χ3v) is 6.70. The van der Waals surface area contributed by atoms with E-state index in [4.69, 9.17) is 9.47 Å². The number of carbonyl (C=O) groups is 2. The number of ether oxygens (including phenoxy) is 2. The van der Waals surface area contributed by atoms with Crippen molar-refractivity contribution < 1.29 is 27.5 Å². The average Bonchev–Trinajstić information content (AvgIpc) is 2.82. The van der Waals surface area contributed by atoms with Crippen LogP contribution in [0.3, 0.4) is 0 Å². The lowest BCUT2D eigenvalue weighted by molar-refractivity contribution is -0.140. The first-order valence-corrected chi connectivity index (χ1v) is 12.7. The fourth-order valence-electron chi connectivity index (χ4n) is 3.64. The zero-order chi connectivity index (χ0) is 25.5. The van der Waals surface area contributed by atoms with Gasteiger partial charge >= 0.3 is 0 Å². The first-order valence-electron chi connectivity index (χ1n) is 10.8. The van der Waals surface area contributed by atoms with Gasteiger partial charge in [-0.05, 0) is 36.6 Å². The van der Waals surface area contributed by atoms with Gasteiger partial charge in [-0.1, -0.05) is 31.2 Å². The number of anilines is 1. The van der Waals surface area contributed by atoms with Crippen LogP contribution in [-0.4, -0.2) is 65.2 Å². The highest BCUT2D eigenvalue weighted by molar-refractivity contribution is 7.92. The maximum atomic E-state index is 13.6. The highest BCUT2D eigenvalue weighted by Crippen LogP contribution is 2.33. The van der Waals surface area contributed by atoms with E-state index in [2.05, 4.69) is 5.32 Å². The lowest BCUT2D eigenvalue weighted by Gasteiger charge is -2.33. The number of benzene rings is 2. The molecule has 0 saturated heterocycles. The summed E-state index contributed by atoms with van der Waals surface area (Å²) in [6.07, 6.45) is 1.38. The smallest absolute Gasteiger partial charge is 0.244 e. The summed E-state index contributed by atoms with van der Waals surface area (Å²) in [4.78, 5) is 27.6. The number of likely N-dealkylation sites (N-methyl/N-ethyl adjacent to an activating group) is 1. The lowest BCUT2D eigenvalue weighted by atomic mass is 10.1. The molecule has 0 bridgehead atoms. The van der Waals surface area contributed by atoms with E-state index in [1.807, 2.05) is 31.2 Å². The van der Waals surface area contributed by atoms with Gasteiger partial charge in [-0.25, -0.2) is 8.42 Å². The number of aryl methyl sites for hydroxylation is 1. The molecule has 0 heterocycles. The zero-order valence-electron chi connectivity index (χ0n) is 20.5. The van der Waals surface area contributed by atoms with E-state index in [0.717, 1.165) is 21.7 Å². The second-order valence-corrected chi connectivity index (χ2v) is 9.70. The van der Waals surface area contributed by atoms with Crippen molar-refractivity contribution in [3.8, 4) is 11.5 Å². The quantitative estimate of drug-likeness (QED) is 0.517. The molecule has 186 valence electrons. The number of hydrogen-bond acceptors (Lipinski definition) is 6. The minimum absolute atomic E-state index is 0.161. The van der Waals surface area contributed by atoms with Gasteiger partial charge < -0.3 is 19.7 Å². The molecule has 2 aromatic rings. The van der Waals surface area contributed by atoms with E-state index >= 15 is 0 Å². The number of nitrogens with one attached hydrogen (secondary N) is 1. The van der Waals surface area contributed by atoms with Gasteiger partial charge in [-0.3, -0.25) is 13.9 Å². The van der Waals surface area contributed by atoms with E-state index in [-0.39, 0.29) is 23.9 Å². The molecule has 2 amide bonds. The second kappa shape index (κ2) is 11.7. The van der Waals surface area contributed by atoms with Crippen LogP contribution in [0.5, 0.6) is 11.5 Å². The summed E-state index contributed by atoms with van der Waals surface area (Å²) in [7, 11) is 0.525. The fraction of sp³-hybridized carbons (Fsp3) is 0.417. The van der Waals surface area contributed by atoms with Crippen LogP contribution >= 0.6 is 0 Å². The SMILES string of the molecule is CCC(C(=O)NC)N(Cc1ccccc1C)C(=O)CN(c1ccc(OC)cc1OC)S(C)(=O)=O. The van der Waals surface area contributed by atoms with Gasteiger partial charge in [0.2, 0.25) is 21.8 Å². The Hall–Kier alpha value is -3.27. The number of carbonyl (C=O) groups excluding carboxylic acids is 2. The normalized spacial score (nSPS) is 11.9. The maximum absolute atomic E-state index is 13.6. The number of methoxy groups -OCH3 is 2. The van der Waals surface area contributed by atoms with Crippen LogP contribution in [0.25, 0.3) is 0 Å². The third-order valence-electron chi connectivity index (χ3n) is 5.57. The predicted molar refractivity (Wildman–Crippen MR) is 132 cm³/mol. The molecule has 10 heteroatoms. The van der Waals surface area contributed by atoms with Crippen molar-refractivity contribution in [1.29, 1.82) is 0 Å². The number of amides is 2. The standard InChI is InChI=1S/C24H33N3O6S/c1-7-20(24(29)25-3)26(15-18-11-9-8-10-17(18)2)23(28)16-27(34(6,30)31)21-13-12-19(32-4)14-22(21)33-5/h8-14,20H,7,15-16H2,1-6H3,(H,25,29). The van der Waals surface area contributed by atoms with Gasteiger partial charge in [-0.15, -0.1) is 0 Å². The molecule has 1 atom stereocenters. The van der Waals surface area contributed by atoms with Crippen LogP contribution in [-0.2, 0) is 26.2 Å². The first-order chi connectivity index (χ1) is 16.1. The van der Waals surface area contributed by atoms with E-state index in [9.17, 15) is 18.0 Å². The van der Waals surface area contributed by atoms with Crippen molar-refractivity contribution in [2.45, 2.75) is 32.9 Å². The molecule has 0 aliphatic carbocycles. The minimum atomic E-state index is -3.87. The molecule has 0 fully saturated rings. The summed E-state index contributed by atoms with van der Waals surface area (Å²) >= 11 is 0. The first kappa shape index (κ1) is 27.0. The molecule has 2 rings (SSSR count). The number of sulfonamides is 1. The van der Waals surface area contributed by atoms with Crippen molar-refractivity contribution in [3.63, 3.8) is 0 Å². The van der Waals surface area contributed by atoms with E-state index in [1.54, 1.807) is 19.1 Å². The number of nitrogens with zero attached hydrogens (tertiary/aromatic N) is 2. The molecular formula is C24H33N3O6S. The van der Waals surface area contributed by atoms with Crippen LogP contribution in [0, 0.1) is 6.92 Å². The molecular weight excluding hydrogens is 458 g/mol. The lowest BCUT2D eigenvalue weighted by Crippen LogP contribution is -2.51. The van der Waals surface area contributed by atoms with E-state index < -0.39 is 28.5 Å². The topological polar surface area (TPSA) is 105 Å². The van der Waals surface area contributed by atoms with Gasteiger partial charge in [0.15, 0.2) is 0 Å². The molecule has 0 aliphatic heterocycles. The third kappa shape index (κ3) is 6.40. The van der Waals surface area contributed by atoms with Crippen LogP contribution < -0.4 is 19.1 Å². The monoisotopic (exact) mass is 491 g/mol. The molecule has 1 unspecified atom stereocenters. The Kier molecular flexibility index (Phi) is 9.31. The molecule has 0 saturated carbocycles. The van der Waals surface area contributed by atoms with Gasteiger partial charge in [0, 0.05) is 19.7 Å².